The van der Waals surface area contributed by atoms with Gasteiger partial charge in [0.15, 0.2) is 4.77 Å². The van der Waals surface area contributed by atoms with E-state index in [1.54, 1.807) is 4.57 Å². The zero-order chi connectivity index (χ0) is 12.3. The molecular formula is C9H16N4O2S. The van der Waals surface area contributed by atoms with E-state index < -0.39 is 5.56 Å². The van der Waals surface area contributed by atoms with Gasteiger partial charge in [-0.1, -0.05) is 0 Å². The van der Waals surface area contributed by atoms with Gasteiger partial charge in [-0.3, -0.25) is 9.78 Å². The fourth-order valence-corrected chi connectivity index (χ4v) is 1.64. The number of nitrogens with zero attached hydrogens (tertiary/aromatic N) is 1. The first-order chi connectivity index (χ1) is 7.47. The van der Waals surface area contributed by atoms with E-state index in [4.69, 9.17) is 28.4 Å². The van der Waals surface area contributed by atoms with E-state index in [2.05, 4.69) is 4.98 Å². The molecule has 0 aromatic carbocycles. The van der Waals surface area contributed by atoms with Gasteiger partial charge in [-0.15, -0.1) is 0 Å². The van der Waals surface area contributed by atoms with Gasteiger partial charge in [0.1, 0.15) is 11.5 Å². The molecule has 0 fully saturated rings. The van der Waals surface area contributed by atoms with Crippen LogP contribution in [0.4, 0.5) is 11.5 Å². The Kier molecular flexibility index (Phi) is 4.08. The fourth-order valence-electron chi connectivity index (χ4n) is 1.38. The molecule has 1 heterocycles. The Balaban J connectivity index is 3.10. The Morgan fingerprint density at radius 2 is 2.19 bits per heavy atom. The minimum absolute atomic E-state index is 0.0164. The number of rotatable bonds is 4. The standard InChI is InChI=1S/C9H16N4O2S/c1-3-15-5(2)4-13-7(11)6(10)8(14)12-9(13)16/h5H,3-4,10-11H2,1-2H3,(H,12,14,16). The Labute approximate surface area is 98.2 Å². The highest BCUT2D eigenvalue weighted by Gasteiger charge is 2.10. The number of H-pyrrole nitrogens is 1. The van der Waals surface area contributed by atoms with Gasteiger partial charge in [0, 0.05) is 6.61 Å². The molecule has 0 saturated carbocycles. The molecular weight excluding hydrogens is 228 g/mol. The molecule has 6 nitrogen and oxygen atoms in total. The third-order valence-corrected chi connectivity index (χ3v) is 2.49. The first-order valence-electron chi connectivity index (χ1n) is 4.97. The number of nitrogens with one attached hydrogen (secondary N) is 1. The van der Waals surface area contributed by atoms with Crippen molar-refractivity contribution in [1.29, 1.82) is 0 Å². The molecule has 0 spiro atoms. The lowest BCUT2D eigenvalue weighted by atomic mass is 10.3. The molecule has 0 aliphatic carbocycles. The van der Waals surface area contributed by atoms with Gasteiger partial charge in [-0.2, -0.15) is 0 Å². The molecule has 1 rings (SSSR count). The summed E-state index contributed by atoms with van der Waals surface area (Å²) in [6.45, 7) is 4.86. The highest BCUT2D eigenvalue weighted by Crippen LogP contribution is 2.10. The number of ether oxygens (including phenoxy) is 1. The quantitative estimate of drug-likeness (QED) is 0.670. The van der Waals surface area contributed by atoms with Gasteiger partial charge < -0.3 is 20.8 Å². The van der Waals surface area contributed by atoms with Crippen LogP contribution in [0.15, 0.2) is 4.79 Å². The van der Waals surface area contributed by atoms with E-state index >= 15 is 0 Å². The monoisotopic (exact) mass is 244 g/mol. The Bertz CT molecular complexity index is 479. The summed E-state index contributed by atoms with van der Waals surface area (Å²) in [7, 11) is 0. The summed E-state index contributed by atoms with van der Waals surface area (Å²) in [6, 6.07) is 0. The number of anilines is 2. The number of aromatic nitrogens is 2. The Hall–Kier alpha value is -1.34. The number of nitrogen functional groups attached to an aromatic ring is 2. The normalized spacial score (nSPS) is 12.6. The van der Waals surface area contributed by atoms with Gasteiger partial charge in [-0.25, -0.2) is 0 Å². The van der Waals surface area contributed by atoms with Gasteiger partial charge in [0.05, 0.1) is 12.6 Å². The highest BCUT2D eigenvalue weighted by atomic mass is 32.1. The van der Waals surface area contributed by atoms with Crippen LogP contribution >= 0.6 is 12.2 Å². The molecule has 0 saturated heterocycles. The van der Waals surface area contributed by atoms with Gasteiger partial charge in [0.25, 0.3) is 5.56 Å². The number of hydrogen-bond donors (Lipinski definition) is 3. The number of hydrogen-bond acceptors (Lipinski definition) is 5. The first-order valence-corrected chi connectivity index (χ1v) is 5.37. The van der Waals surface area contributed by atoms with Crippen molar-refractivity contribution in [1.82, 2.24) is 9.55 Å². The van der Waals surface area contributed by atoms with Crippen LogP contribution in [-0.2, 0) is 11.3 Å². The topological polar surface area (TPSA) is 99.1 Å². The molecule has 5 N–H and O–H groups in total. The van der Waals surface area contributed by atoms with Crippen LogP contribution < -0.4 is 17.0 Å². The number of aromatic amines is 1. The minimum atomic E-state index is -0.456. The summed E-state index contributed by atoms with van der Waals surface area (Å²) >= 11 is 5.01. The van der Waals surface area contributed by atoms with Gasteiger partial charge >= 0.3 is 0 Å². The molecule has 0 amide bonds. The smallest absolute Gasteiger partial charge is 0.277 e. The van der Waals surface area contributed by atoms with Gasteiger partial charge in [-0.05, 0) is 26.1 Å². The Morgan fingerprint density at radius 1 is 1.56 bits per heavy atom. The average molecular weight is 244 g/mol. The van der Waals surface area contributed by atoms with Crippen molar-refractivity contribution >= 4 is 23.7 Å². The van der Waals surface area contributed by atoms with E-state index in [0.717, 1.165) is 0 Å². The predicted octanol–water partition coefficient (Wildman–Crippen LogP) is 0.495. The molecule has 1 aromatic rings. The SMILES string of the molecule is CCOC(C)Cn1c(N)c(N)c(=O)[nH]c1=S. The average Bonchev–Trinajstić information content (AvgIpc) is 2.22. The lowest BCUT2D eigenvalue weighted by Crippen LogP contribution is -2.25. The third kappa shape index (κ3) is 2.61. The van der Waals surface area contributed by atoms with Crippen molar-refractivity contribution in [2.45, 2.75) is 26.5 Å². The van der Waals surface area contributed by atoms with Crippen LogP contribution in [-0.4, -0.2) is 22.3 Å². The van der Waals surface area contributed by atoms with Crippen molar-refractivity contribution in [3.63, 3.8) is 0 Å². The van der Waals surface area contributed by atoms with E-state index in [1.165, 1.54) is 0 Å². The first kappa shape index (κ1) is 12.7. The van der Waals surface area contributed by atoms with E-state index in [9.17, 15) is 4.79 Å². The maximum Gasteiger partial charge on any atom is 0.277 e. The Morgan fingerprint density at radius 3 is 2.75 bits per heavy atom. The summed E-state index contributed by atoms with van der Waals surface area (Å²) in [4.78, 5) is 13.7. The summed E-state index contributed by atoms with van der Waals surface area (Å²) in [5.74, 6) is 0.181. The van der Waals surface area contributed by atoms with E-state index in [-0.39, 0.29) is 22.4 Å². The van der Waals surface area contributed by atoms with Crippen LogP contribution in [0.5, 0.6) is 0 Å². The van der Waals surface area contributed by atoms with Crippen LogP contribution in [0.25, 0.3) is 0 Å². The summed E-state index contributed by atoms with van der Waals surface area (Å²) in [5.41, 5.74) is 10.8. The van der Waals surface area contributed by atoms with Crippen molar-refractivity contribution in [2.75, 3.05) is 18.1 Å². The zero-order valence-electron chi connectivity index (χ0n) is 9.32. The molecule has 90 valence electrons. The molecule has 0 bridgehead atoms. The summed E-state index contributed by atoms with van der Waals surface area (Å²) in [6.07, 6.45) is -0.0516. The molecule has 7 heteroatoms. The molecule has 0 aliphatic heterocycles. The summed E-state index contributed by atoms with van der Waals surface area (Å²) in [5, 5.41) is 0. The van der Waals surface area contributed by atoms with Crippen LogP contribution in [0.2, 0.25) is 0 Å². The molecule has 0 radical (unpaired) electrons. The second kappa shape index (κ2) is 5.13. The largest absolute Gasteiger partial charge is 0.391 e. The molecule has 16 heavy (non-hydrogen) atoms. The van der Waals surface area contributed by atoms with Crippen molar-refractivity contribution in [3.05, 3.63) is 15.1 Å². The maximum atomic E-state index is 11.3. The fraction of sp³-hybridized carbons (Fsp3) is 0.556. The van der Waals surface area contributed by atoms with E-state index in [1.807, 2.05) is 13.8 Å². The highest BCUT2D eigenvalue weighted by molar-refractivity contribution is 7.71. The maximum absolute atomic E-state index is 11.3. The van der Waals surface area contributed by atoms with Crippen molar-refractivity contribution in [3.8, 4) is 0 Å². The zero-order valence-corrected chi connectivity index (χ0v) is 10.1. The van der Waals surface area contributed by atoms with Gasteiger partial charge in [0.2, 0.25) is 0 Å². The lowest BCUT2D eigenvalue weighted by molar-refractivity contribution is 0.0639. The number of nitrogens with two attached hydrogens (primary N) is 2. The third-order valence-electron chi connectivity index (χ3n) is 2.17. The second-order valence-corrected chi connectivity index (χ2v) is 3.82. The molecule has 1 atom stereocenters. The van der Waals surface area contributed by atoms with Crippen LogP contribution in [0.1, 0.15) is 13.8 Å². The molecule has 1 unspecified atom stereocenters. The second-order valence-electron chi connectivity index (χ2n) is 3.43. The summed E-state index contributed by atoms with van der Waals surface area (Å²) < 4.78 is 7.19. The van der Waals surface area contributed by atoms with Crippen molar-refractivity contribution < 1.29 is 4.74 Å². The minimum Gasteiger partial charge on any atom is -0.391 e. The van der Waals surface area contributed by atoms with Crippen molar-refractivity contribution in [2.24, 2.45) is 0 Å². The lowest BCUT2D eigenvalue weighted by Gasteiger charge is -2.16. The van der Waals surface area contributed by atoms with Crippen LogP contribution in [0.3, 0.4) is 0 Å². The molecule has 0 aliphatic rings. The van der Waals surface area contributed by atoms with Crippen LogP contribution in [0, 0.1) is 4.77 Å². The predicted molar refractivity (Wildman–Crippen MR) is 65.8 cm³/mol. The molecule has 1 aromatic heterocycles. The van der Waals surface area contributed by atoms with E-state index in [0.29, 0.717) is 13.2 Å².